The molecule has 2 heterocycles. The van der Waals surface area contributed by atoms with Gasteiger partial charge in [0.1, 0.15) is 11.6 Å². The predicted molar refractivity (Wildman–Crippen MR) is 120 cm³/mol. The Hall–Kier alpha value is -3.52. The van der Waals surface area contributed by atoms with Gasteiger partial charge in [-0.3, -0.25) is 9.36 Å². The zero-order chi connectivity index (χ0) is 22.8. The Morgan fingerprint density at radius 2 is 2.00 bits per heavy atom. The van der Waals surface area contributed by atoms with E-state index in [1.165, 1.54) is 28.0 Å². The monoisotopic (exact) mass is 452 g/mol. The molecule has 0 bridgehead atoms. The van der Waals surface area contributed by atoms with Gasteiger partial charge in [0.25, 0.3) is 5.56 Å². The molecule has 0 N–H and O–H groups in total. The zero-order valence-corrected chi connectivity index (χ0v) is 18.6. The molecule has 0 amide bonds. The fraction of sp³-hybridized carbons (Fsp3) is 0.208. The van der Waals surface area contributed by atoms with E-state index in [-0.39, 0.29) is 18.0 Å². The Morgan fingerprint density at radius 3 is 2.66 bits per heavy atom. The van der Waals surface area contributed by atoms with Crippen LogP contribution >= 0.6 is 11.3 Å². The molecule has 8 heteroatoms. The van der Waals surface area contributed by atoms with Crippen LogP contribution in [0.3, 0.4) is 0 Å². The normalized spacial score (nSPS) is 15.9. The molecule has 0 unspecified atom stereocenters. The van der Waals surface area contributed by atoms with E-state index >= 15 is 0 Å². The number of hydrogen-bond donors (Lipinski definition) is 0. The summed E-state index contributed by atoms with van der Waals surface area (Å²) in [5, 5.41) is 0. The lowest BCUT2D eigenvalue weighted by Crippen LogP contribution is -2.39. The maximum absolute atomic E-state index is 13.6. The van der Waals surface area contributed by atoms with Crippen LogP contribution in [0.2, 0.25) is 0 Å². The number of rotatable bonds is 5. The van der Waals surface area contributed by atoms with Gasteiger partial charge in [0, 0.05) is 0 Å². The molecule has 164 valence electrons. The number of thiazole rings is 1. The average molecular weight is 453 g/mol. The average Bonchev–Trinajstić information content (AvgIpc) is 3.07. The van der Waals surface area contributed by atoms with Crippen LogP contribution in [-0.4, -0.2) is 24.3 Å². The SMILES string of the molecule is CCOC(=O)C1=C(C)N=c2s/c(=C/c3cccc(F)c3)c(=O)n2[C@@H]1c1ccc(OC)cc1. The molecule has 0 fully saturated rings. The second kappa shape index (κ2) is 8.92. The third-order valence-corrected chi connectivity index (χ3v) is 6.08. The van der Waals surface area contributed by atoms with Crippen molar-refractivity contribution >= 4 is 23.4 Å². The van der Waals surface area contributed by atoms with Gasteiger partial charge >= 0.3 is 5.97 Å². The quantitative estimate of drug-likeness (QED) is 0.558. The van der Waals surface area contributed by atoms with Crippen molar-refractivity contribution in [1.29, 1.82) is 0 Å². The van der Waals surface area contributed by atoms with E-state index in [0.717, 1.165) is 5.56 Å². The van der Waals surface area contributed by atoms with E-state index in [2.05, 4.69) is 4.99 Å². The maximum atomic E-state index is 13.6. The maximum Gasteiger partial charge on any atom is 0.338 e. The Balaban J connectivity index is 1.94. The summed E-state index contributed by atoms with van der Waals surface area (Å²) < 4.78 is 26.0. The van der Waals surface area contributed by atoms with Crippen LogP contribution in [0.5, 0.6) is 5.75 Å². The van der Waals surface area contributed by atoms with Crippen LogP contribution in [0.4, 0.5) is 4.39 Å². The molecule has 1 aliphatic heterocycles. The summed E-state index contributed by atoms with van der Waals surface area (Å²) in [6.07, 6.45) is 1.63. The lowest BCUT2D eigenvalue weighted by molar-refractivity contribution is -0.139. The first-order valence-corrected chi connectivity index (χ1v) is 10.8. The third-order valence-electron chi connectivity index (χ3n) is 5.10. The number of allylic oxidation sites excluding steroid dienone is 1. The molecule has 0 spiro atoms. The van der Waals surface area contributed by atoms with Gasteiger partial charge in [0.15, 0.2) is 4.80 Å². The summed E-state index contributed by atoms with van der Waals surface area (Å²) in [6, 6.07) is 12.5. The second-order valence-electron chi connectivity index (χ2n) is 7.13. The van der Waals surface area contributed by atoms with Gasteiger partial charge in [-0.1, -0.05) is 35.6 Å². The number of carbonyl (C=O) groups excluding carboxylic acids is 1. The zero-order valence-electron chi connectivity index (χ0n) is 17.8. The highest BCUT2D eigenvalue weighted by atomic mass is 32.1. The molecule has 0 saturated carbocycles. The predicted octanol–water partition coefficient (Wildman–Crippen LogP) is 2.95. The Labute approximate surface area is 187 Å². The van der Waals surface area contributed by atoms with Crippen molar-refractivity contribution in [2.45, 2.75) is 19.9 Å². The molecule has 4 rings (SSSR count). The number of nitrogens with zero attached hydrogens (tertiary/aromatic N) is 2. The summed E-state index contributed by atoms with van der Waals surface area (Å²) >= 11 is 1.19. The van der Waals surface area contributed by atoms with Crippen LogP contribution < -0.4 is 19.6 Å². The molecule has 1 atom stereocenters. The highest BCUT2D eigenvalue weighted by molar-refractivity contribution is 7.07. The van der Waals surface area contributed by atoms with Crippen molar-refractivity contribution in [2.24, 2.45) is 4.99 Å². The number of aromatic nitrogens is 1. The summed E-state index contributed by atoms with van der Waals surface area (Å²) in [5.74, 6) is -0.247. The summed E-state index contributed by atoms with van der Waals surface area (Å²) in [6.45, 7) is 3.66. The molecular weight excluding hydrogens is 431 g/mol. The molecule has 0 radical (unpaired) electrons. The van der Waals surface area contributed by atoms with Gasteiger partial charge < -0.3 is 9.47 Å². The number of carbonyl (C=O) groups is 1. The Bertz CT molecular complexity index is 1390. The fourth-order valence-electron chi connectivity index (χ4n) is 3.64. The van der Waals surface area contributed by atoms with Crippen LogP contribution in [-0.2, 0) is 9.53 Å². The van der Waals surface area contributed by atoms with Crippen LogP contribution in [0, 0.1) is 5.82 Å². The first-order valence-electron chi connectivity index (χ1n) is 10.0. The minimum atomic E-state index is -0.703. The van der Waals surface area contributed by atoms with E-state index < -0.39 is 12.0 Å². The van der Waals surface area contributed by atoms with Gasteiger partial charge in [-0.2, -0.15) is 0 Å². The summed E-state index contributed by atoms with van der Waals surface area (Å²) in [5.41, 5.74) is 1.77. The Kier molecular flexibility index (Phi) is 6.05. The van der Waals surface area contributed by atoms with Crippen molar-refractivity contribution in [3.8, 4) is 5.75 Å². The molecule has 32 heavy (non-hydrogen) atoms. The van der Waals surface area contributed by atoms with Gasteiger partial charge in [-0.05, 0) is 55.3 Å². The number of halogens is 1. The molecular formula is C24H21FN2O4S. The number of hydrogen-bond acceptors (Lipinski definition) is 6. The second-order valence-corrected chi connectivity index (χ2v) is 8.14. The molecule has 0 aliphatic carbocycles. The topological polar surface area (TPSA) is 69.9 Å². The van der Waals surface area contributed by atoms with Crippen molar-refractivity contribution in [3.05, 3.63) is 96.4 Å². The highest BCUT2D eigenvalue weighted by Crippen LogP contribution is 2.31. The van der Waals surface area contributed by atoms with Gasteiger partial charge in [-0.15, -0.1) is 0 Å². The fourth-order valence-corrected chi connectivity index (χ4v) is 4.69. The van der Waals surface area contributed by atoms with Crippen LogP contribution in [0.15, 0.2) is 69.6 Å². The first-order chi connectivity index (χ1) is 15.4. The molecule has 6 nitrogen and oxygen atoms in total. The number of fused-ring (bicyclic) bond motifs is 1. The third kappa shape index (κ3) is 4.01. The largest absolute Gasteiger partial charge is 0.497 e. The van der Waals surface area contributed by atoms with Crippen LogP contribution in [0.25, 0.3) is 6.08 Å². The smallest absolute Gasteiger partial charge is 0.338 e. The summed E-state index contributed by atoms with van der Waals surface area (Å²) in [7, 11) is 1.57. The minimum Gasteiger partial charge on any atom is -0.497 e. The number of esters is 1. The molecule has 1 aromatic heterocycles. The van der Waals surface area contributed by atoms with Gasteiger partial charge in [-0.25, -0.2) is 14.2 Å². The number of ether oxygens (including phenoxy) is 2. The first kappa shape index (κ1) is 21.7. The van der Waals surface area contributed by atoms with Crippen molar-refractivity contribution in [3.63, 3.8) is 0 Å². The molecule has 3 aromatic rings. The van der Waals surface area contributed by atoms with Gasteiger partial charge in [0.2, 0.25) is 0 Å². The highest BCUT2D eigenvalue weighted by Gasteiger charge is 2.33. The van der Waals surface area contributed by atoms with Gasteiger partial charge in [0.05, 0.1) is 35.6 Å². The Morgan fingerprint density at radius 1 is 1.25 bits per heavy atom. The lowest BCUT2D eigenvalue weighted by atomic mass is 9.96. The lowest BCUT2D eigenvalue weighted by Gasteiger charge is -2.24. The minimum absolute atomic E-state index is 0.203. The summed E-state index contributed by atoms with van der Waals surface area (Å²) in [4.78, 5) is 31.3. The molecule has 1 aliphatic rings. The van der Waals surface area contributed by atoms with Crippen LogP contribution in [0.1, 0.15) is 31.0 Å². The standard InChI is InChI=1S/C24H21FN2O4S/c1-4-31-23(29)20-14(2)26-24-27(21(20)16-8-10-18(30-3)11-9-16)22(28)19(32-24)13-15-6-5-7-17(25)12-15/h5-13,21H,4H2,1-3H3/b19-13+/t21-/m1/s1. The van der Waals surface area contributed by atoms with E-state index in [1.54, 1.807) is 51.3 Å². The molecule has 0 saturated heterocycles. The van der Waals surface area contributed by atoms with Crippen molar-refractivity contribution < 1.29 is 18.7 Å². The van der Waals surface area contributed by atoms with E-state index in [9.17, 15) is 14.0 Å². The number of benzene rings is 2. The van der Waals surface area contributed by atoms with Crippen molar-refractivity contribution in [1.82, 2.24) is 4.57 Å². The van der Waals surface area contributed by atoms with E-state index in [1.807, 2.05) is 12.1 Å². The number of methoxy groups -OCH3 is 1. The van der Waals surface area contributed by atoms with Crippen molar-refractivity contribution in [2.75, 3.05) is 13.7 Å². The van der Waals surface area contributed by atoms with E-state index in [0.29, 0.717) is 31.9 Å². The molecule has 2 aromatic carbocycles. The van der Waals surface area contributed by atoms with E-state index in [4.69, 9.17) is 9.47 Å².